The maximum absolute atomic E-state index is 5.65. The summed E-state index contributed by atoms with van der Waals surface area (Å²) in [6.07, 6.45) is 2.43. The van der Waals surface area contributed by atoms with Crippen LogP contribution in [0.5, 0.6) is 0 Å². The molecule has 0 aliphatic carbocycles. The minimum Gasteiger partial charge on any atom is -0.329 e. The van der Waals surface area contributed by atoms with E-state index in [-0.39, 0.29) is 0 Å². The van der Waals surface area contributed by atoms with Gasteiger partial charge in [-0.1, -0.05) is 13.8 Å². The van der Waals surface area contributed by atoms with Crippen LogP contribution in [0.1, 0.15) is 26.7 Å². The van der Waals surface area contributed by atoms with Crippen LogP contribution in [-0.4, -0.2) is 69.2 Å². The average molecular weight is 244 g/mol. The van der Waals surface area contributed by atoms with E-state index in [9.17, 15) is 0 Å². The molecule has 0 fully saturated rings. The summed E-state index contributed by atoms with van der Waals surface area (Å²) in [5, 5.41) is 3.44. The molecular formula is C13H32N4. The number of likely N-dealkylation sites (N-methyl/N-ethyl adjacent to an activating group) is 1. The predicted octanol–water partition coefficient (Wildman–Crippen LogP) is 0.589. The summed E-state index contributed by atoms with van der Waals surface area (Å²) in [4.78, 5) is 4.82. The van der Waals surface area contributed by atoms with Gasteiger partial charge in [0.05, 0.1) is 0 Å². The third-order valence-corrected chi connectivity index (χ3v) is 3.04. The first-order chi connectivity index (χ1) is 8.24. The molecule has 0 aliphatic rings. The molecule has 104 valence electrons. The molecule has 0 spiro atoms. The van der Waals surface area contributed by atoms with Crippen molar-refractivity contribution in [1.29, 1.82) is 0 Å². The SMILES string of the molecule is CCCNCCCN(CCN)CCN(C)CC. The molecule has 0 unspecified atom stereocenters. The van der Waals surface area contributed by atoms with Crippen LogP contribution in [0, 0.1) is 0 Å². The van der Waals surface area contributed by atoms with Gasteiger partial charge < -0.3 is 20.9 Å². The Morgan fingerprint density at radius 1 is 1.00 bits per heavy atom. The molecule has 0 saturated carbocycles. The fourth-order valence-electron chi connectivity index (χ4n) is 1.72. The van der Waals surface area contributed by atoms with Gasteiger partial charge in [0, 0.05) is 26.2 Å². The van der Waals surface area contributed by atoms with Gasteiger partial charge in [-0.05, 0) is 46.1 Å². The van der Waals surface area contributed by atoms with Gasteiger partial charge in [0.25, 0.3) is 0 Å². The van der Waals surface area contributed by atoms with Gasteiger partial charge in [-0.3, -0.25) is 0 Å². The second-order valence-corrected chi connectivity index (χ2v) is 4.63. The monoisotopic (exact) mass is 244 g/mol. The van der Waals surface area contributed by atoms with Crippen molar-refractivity contribution < 1.29 is 0 Å². The lowest BCUT2D eigenvalue weighted by Crippen LogP contribution is -2.37. The highest BCUT2D eigenvalue weighted by Gasteiger charge is 2.04. The minimum atomic E-state index is 0.762. The van der Waals surface area contributed by atoms with E-state index in [1.54, 1.807) is 0 Å². The summed E-state index contributed by atoms with van der Waals surface area (Å²) >= 11 is 0. The highest BCUT2D eigenvalue weighted by Crippen LogP contribution is 1.92. The molecule has 0 radical (unpaired) electrons. The van der Waals surface area contributed by atoms with Crippen LogP contribution in [0.25, 0.3) is 0 Å². The van der Waals surface area contributed by atoms with E-state index in [0.717, 1.165) is 52.4 Å². The fourth-order valence-corrected chi connectivity index (χ4v) is 1.72. The number of nitrogens with zero attached hydrogens (tertiary/aromatic N) is 2. The van der Waals surface area contributed by atoms with Gasteiger partial charge in [-0.2, -0.15) is 0 Å². The normalized spacial score (nSPS) is 11.6. The number of nitrogens with one attached hydrogen (secondary N) is 1. The zero-order valence-electron chi connectivity index (χ0n) is 12.0. The Morgan fingerprint density at radius 3 is 2.35 bits per heavy atom. The molecule has 0 atom stereocenters. The average Bonchev–Trinajstić information content (AvgIpc) is 2.35. The summed E-state index contributed by atoms with van der Waals surface area (Å²) in [5.74, 6) is 0. The number of rotatable bonds is 12. The Labute approximate surface area is 108 Å². The maximum Gasteiger partial charge on any atom is 0.0110 e. The minimum absolute atomic E-state index is 0.762. The molecule has 0 aromatic heterocycles. The highest BCUT2D eigenvalue weighted by molar-refractivity contribution is 4.62. The van der Waals surface area contributed by atoms with E-state index in [0.29, 0.717) is 0 Å². The number of nitrogens with two attached hydrogens (primary N) is 1. The fraction of sp³-hybridized carbons (Fsp3) is 1.00. The van der Waals surface area contributed by atoms with Crippen molar-refractivity contribution in [1.82, 2.24) is 15.1 Å². The van der Waals surface area contributed by atoms with E-state index < -0.39 is 0 Å². The lowest BCUT2D eigenvalue weighted by Gasteiger charge is -2.24. The Morgan fingerprint density at radius 2 is 1.76 bits per heavy atom. The molecule has 0 bridgehead atoms. The highest BCUT2D eigenvalue weighted by atomic mass is 15.2. The quantitative estimate of drug-likeness (QED) is 0.493. The largest absolute Gasteiger partial charge is 0.329 e. The van der Waals surface area contributed by atoms with Crippen LogP contribution in [0.2, 0.25) is 0 Å². The van der Waals surface area contributed by atoms with Crippen molar-refractivity contribution in [3.05, 3.63) is 0 Å². The Balaban J connectivity index is 3.59. The third-order valence-electron chi connectivity index (χ3n) is 3.04. The maximum atomic E-state index is 5.65. The van der Waals surface area contributed by atoms with E-state index in [1.165, 1.54) is 12.8 Å². The van der Waals surface area contributed by atoms with Crippen molar-refractivity contribution in [2.24, 2.45) is 5.73 Å². The van der Waals surface area contributed by atoms with Gasteiger partial charge in [0.2, 0.25) is 0 Å². The Kier molecular flexibility index (Phi) is 12.2. The van der Waals surface area contributed by atoms with E-state index >= 15 is 0 Å². The molecule has 0 aromatic rings. The molecule has 0 aliphatic heterocycles. The zero-order chi connectivity index (χ0) is 12.9. The molecule has 4 heteroatoms. The van der Waals surface area contributed by atoms with Crippen LogP contribution in [0.4, 0.5) is 0 Å². The van der Waals surface area contributed by atoms with Gasteiger partial charge in [0.1, 0.15) is 0 Å². The summed E-state index contributed by atoms with van der Waals surface area (Å²) in [5.41, 5.74) is 5.65. The van der Waals surface area contributed by atoms with Gasteiger partial charge >= 0.3 is 0 Å². The molecule has 0 aromatic carbocycles. The van der Waals surface area contributed by atoms with Crippen molar-refractivity contribution in [2.75, 3.05) is 59.4 Å². The van der Waals surface area contributed by atoms with Crippen LogP contribution < -0.4 is 11.1 Å². The molecular weight excluding hydrogens is 212 g/mol. The zero-order valence-corrected chi connectivity index (χ0v) is 12.0. The molecule has 0 rings (SSSR count). The molecule has 0 saturated heterocycles. The van der Waals surface area contributed by atoms with E-state index in [4.69, 9.17) is 5.73 Å². The van der Waals surface area contributed by atoms with Crippen LogP contribution in [0.3, 0.4) is 0 Å². The molecule has 4 nitrogen and oxygen atoms in total. The van der Waals surface area contributed by atoms with Crippen LogP contribution in [0.15, 0.2) is 0 Å². The standard InChI is InChI=1S/C13H32N4/c1-4-8-15-9-6-10-17(11-7-14)13-12-16(3)5-2/h15H,4-14H2,1-3H3. The molecule has 0 amide bonds. The van der Waals surface area contributed by atoms with Crippen LogP contribution >= 0.6 is 0 Å². The van der Waals surface area contributed by atoms with Crippen molar-refractivity contribution in [3.8, 4) is 0 Å². The first-order valence-electron chi connectivity index (χ1n) is 7.06. The topological polar surface area (TPSA) is 44.5 Å². The third kappa shape index (κ3) is 10.7. The summed E-state index contributed by atoms with van der Waals surface area (Å²) in [7, 11) is 2.17. The predicted molar refractivity (Wildman–Crippen MR) is 76.4 cm³/mol. The molecule has 0 heterocycles. The first kappa shape index (κ1) is 16.8. The first-order valence-corrected chi connectivity index (χ1v) is 7.06. The second-order valence-electron chi connectivity index (χ2n) is 4.63. The number of hydrogen-bond acceptors (Lipinski definition) is 4. The lowest BCUT2D eigenvalue weighted by atomic mass is 10.3. The number of hydrogen-bond donors (Lipinski definition) is 2. The van der Waals surface area contributed by atoms with Gasteiger partial charge in [0.15, 0.2) is 0 Å². The smallest absolute Gasteiger partial charge is 0.0110 e. The van der Waals surface area contributed by atoms with E-state index in [2.05, 4.69) is 36.0 Å². The van der Waals surface area contributed by atoms with E-state index in [1.807, 2.05) is 0 Å². The van der Waals surface area contributed by atoms with Crippen molar-refractivity contribution in [2.45, 2.75) is 26.7 Å². The summed E-state index contributed by atoms with van der Waals surface area (Å²) in [6.45, 7) is 13.0. The summed E-state index contributed by atoms with van der Waals surface area (Å²) in [6, 6.07) is 0. The van der Waals surface area contributed by atoms with Gasteiger partial charge in [-0.25, -0.2) is 0 Å². The Bertz CT molecular complexity index is 152. The van der Waals surface area contributed by atoms with Crippen LogP contribution in [-0.2, 0) is 0 Å². The molecule has 17 heavy (non-hydrogen) atoms. The Hall–Kier alpha value is -0.160. The van der Waals surface area contributed by atoms with Crippen molar-refractivity contribution in [3.63, 3.8) is 0 Å². The van der Waals surface area contributed by atoms with Gasteiger partial charge in [-0.15, -0.1) is 0 Å². The molecule has 3 N–H and O–H groups in total. The summed E-state index contributed by atoms with van der Waals surface area (Å²) < 4.78 is 0. The van der Waals surface area contributed by atoms with Crippen molar-refractivity contribution >= 4 is 0 Å². The second kappa shape index (κ2) is 12.3. The lowest BCUT2D eigenvalue weighted by molar-refractivity contribution is 0.231.